The normalized spacial score (nSPS) is 22.3. The Morgan fingerprint density at radius 2 is 1.06 bits per heavy atom. The van der Waals surface area contributed by atoms with Gasteiger partial charge in [-0.25, -0.2) is 52.8 Å². The van der Waals surface area contributed by atoms with Gasteiger partial charge in [-0.3, -0.25) is 108 Å². The van der Waals surface area contributed by atoms with Gasteiger partial charge in [-0.1, -0.05) is 159 Å². The number of H-pyrrole nitrogens is 2. The molecule has 0 aliphatic carbocycles. The summed E-state index contributed by atoms with van der Waals surface area (Å²) in [4.78, 5) is 179. The van der Waals surface area contributed by atoms with Gasteiger partial charge in [0.1, 0.15) is 111 Å². The molecule has 1 aromatic carbocycles. The number of nitrogens with zero attached hydrogens (tertiary/aromatic N) is 11. The van der Waals surface area contributed by atoms with Gasteiger partial charge in [-0.05, 0) is 107 Å². The minimum atomic E-state index is -5.62. The van der Waals surface area contributed by atoms with Crippen molar-refractivity contribution >= 4 is 92.5 Å². The van der Waals surface area contributed by atoms with Crippen LogP contribution in [0.15, 0.2) is 71.9 Å². The molecule has 52 heteroatoms. The van der Waals surface area contributed by atoms with Gasteiger partial charge < -0.3 is 67.0 Å². The fourth-order valence-electron chi connectivity index (χ4n) is 16.5. The van der Waals surface area contributed by atoms with E-state index >= 15 is 18.5 Å². The maximum atomic E-state index is 16.7. The number of esters is 1. The molecule has 150 heavy (non-hydrogen) atoms. The molecule has 0 spiro atoms. The number of carbonyl (C=O) groups excluding carboxylic acids is 5. The molecule has 4 aliphatic rings. The van der Waals surface area contributed by atoms with E-state index in [1.165, 1.54) is 127 Å². The maximum Gasteiger partial charge on any atom is 0.475 e. The van der Waals surface area contributed by atoms with Crippen LogP contribution in [0.4, 0.5) is 11.8 Å². The first kappa shape index (κ1) is 122. The summed E-state index contributed by atoms with van der Waals surface area (Å²) in [5.41, 5.74) is -5.29. The molecule has 828 valence electrons. The third-order valence-electron chi connectivity index (χ3n) is 27.1. The predicted molar refractivity (Wildman–Crippen MR) is 554 cm³/mol. The second-order valence-electron chi connectivity index (χ2n) is 41.2. The summed E-state index contributed by atoms with van der Waals surface area (Å²) in [6.07, 6.45) is -1.42. The number of imidazole rings is 1. The van der Waals surface area contributed by atoms with E-state index in [1.54, 1.807) is 20.8 Å². The van der Waals surface area contributed by atoms with Crippen LogP contribution in [0.3, 0.4) is 0 Å². The van der Waals surface area contributed by atoms with Crippen molar-refractivity contribution in [1.82, 2.24) is 47.8 Å². The van der Waals surface area contributed by atoms with Crippen molar-refractivity contribution in [3.05, 3.63) is 168 Å². The van der Waals surface area contributed by atoms with Gasteiger partial charge in [0.05, 0.1) is 45.8 Å². The molecule has 5 unspecified atom stereocenters. The van der Waals surface area contributed by atoms with E-state index < -0.39 is 285 Å². The summed E-state index contributed by atoms with van der Waals surface area (Å²) in [5, 5.41) is 14.9. The van der Waals surface area contributed by atoms with Crippen molar-refractivity contribution in [1.29, 1.82) is 0 Å². The molecule has 5 aromatic heterocycles. The molecule has 4 saturated heterocycles. The maximum absolute atomic E-state index is 16.7. The lowest BCUT2D eigenvalue weighted by molar-refractivity contribution is -0.153. The molecule has 47 nitrogen and oxygen atoms in total. The summed E-state index contributed by atoms with van der Waals surface area (Å²) in [6.45, 7) is 48.8. The Kier molecular flexibility index (Phi) is 44.7. The number of hydrogen-bond donors (Lipinski definition) is 5. The van der Waals surface area contributed by atoms with E-state index in [9.17, 15) is 53.1 Å². The zero-order valence-corrected chi connectivity index (χ0v) is 93.7. The molecule has 0 bridgehead atoms. The Morgan fingerprint density at radius 1 is 0.567 bits per heavy atom. The molecule has 0 saturated carbocycles. The lowest BCUT2D eigenvalue weighted by atomic mass is 10.0. The molecule has 6 aromatic rings. The molecule has 10 rings (SSSR count). The SMILES string of the molecule is [C-]#[N+]CCOP(=O)(OC[C@H]1O[C@@H](n2cnc3c(=O)[nH]c(NC(=O)C(C)C)nc32)C(O[Si](C)(C)C(C)(C)C)[C@H]1OP(=O)(OCC[N+]#[C-])OC[C@H]1O[C@@H](n2cc(C)c(=O)[nH]c2=O)C[C@H]1OP(=O)(OCC[N+]#[C-])OC[C@H]1O[C@@H](n2cc(C)c(=O)n(C(=O)c3cc(C)c(C)c(OCCCCCCCCCCCCCCCCCC)c3)c2=O)C[C@H]1OC(=O)CCC(C)=O)O[C@@H]1C(O[Si](C)(C)C(C)(C)C)[C@H](n2ccc(NC(C)=O)nc2=O)O[C@@H]1CO. The number of benzene rings is 1. The second kappa shape index (κ2) is 54.9. The minimum absolute atomic E-state index is 0.0229. The third kappa shape index (κ3) is 33.0. The van der Waals surface area contributed by atoms with E-state index in [4.69, 9.17) is 97.7 Å². The van der Waals surface area contributed by atoms with Crippen LogP contribution in [0.1, 0.15) is 262 Å². The van der Waals surface area contributed by atoms with Crippen molar-refractivity contribution in [2.75, 3.05) is 83.1 Å². The first-order valence-corrected chi connectivity index (χ1v) is 61.1. The lowest BCUT2D eigenvalue weighted by Crippen LogP contribution is -2.50. The number of aromatic nitrogens is 10. The van der Waals surface area contributed by atoms with Crippen LogP contribution in [0, 0.1) is 53.3 Å². The fraction of sp³-hybridized carbons (Fsp3) is 0.684. The van der Waals surface area contributed by atoms with Gasteiger partial charge in [0.2, 0.25) is 37.4 Å². The average Bonchev–Trinajstić information content (AvgIpc) is 1.60. The zero-order valence-electron chi connectivity index (χ0n) is 89.0. The highest BCUT2D eigenvalue weighted by Crippen LogP contribution is 2.60. The van der Waals surface area contributed by atoms with Gasteiger partial charge in [0.25, 0.3) is 22.6 Å². The first-order valence-electron chi connectivity index (χ1n) is 50.9. The molecule has 5 N–H and O–H groups in total. The Morgan fingerprint density at radius 3 is 1.57 bits per heavy atom. The molecule has 2 amide bonds. The first-order chi connectivity index (χ1) is 70.8. The number of hydrogen-bond acceptors (Lipinski definition) is 35. The van der Waals surface area contributed by atoms with Crippen LogP contribution in [-0.4, -0.2) is 232 Å². The van der Waals surface area contributed by atoms with E-state index in [0.29, 0.717) is 22.5 Å². The van der Waals surface area contributed by atoms with E-state index in [0.717, 1.165) is 70.1 Å². The monoisotopic (exact) mass is 2190 g/mol. The quantitative estimate of drug-likeness (QED) is 0.00778. The molecule has 4 fully saturated rings. The molecule has 17 atom stereocenters. The van der Waals surface area contributed by atoms with Crippen LogP contribution in [0.5, 0.6) is 5.75 Å². The highest BCUT2D eigenvalue weighted by atomic mass is 31.2. The number of phosphoric acid groups is 3. The number of ether oxygens (including phenoxy) is 6. The number of unbranched alkanes of at least 4 members (excludes halogenated alkanes) is 15. The van der Waals surface area contributed by atoms with E-state index in [2.05, 4.69) is 57.0 Å². The van der Waals surface area contributed by atoms with Crippen molar-refractivity contribution < 1.29 is 121 Å². The summed E-state index contributed by atoms with van der Waals surface area (Å²) in [6, 6.07) is 4.30. The summed E-state index contributed by atoms with van der Waals surface area (Å²) in [7, 11) is -23.0. The molecule has 0 radical (unpaired) electrons. The van der Waals surface area contributed by atoms with Crippen molar-refractivity contribution in [3.8, 4) is 5.75 Å². The van der Waals surface area contributed by atoms with Crippen molar-refractivity contribution in [2.24, 2.45) is 5.92 Å². The van der Waals surface area contributed by atoms with Crippen LogP contribution in [0.25, 0.3) is 25.7 Å². The molecular weight excluding hydrogens is 2050 g/mol. The predicted octanol–water partition coefficient (Wildman–Crippen LogP) is 14.8. The summed E-state index contributed by atoms with van der Waals surface area (Å²) < 4.78 is 163. The summed E-state index contributed by atoms with van der Waals surface area (Å²) >= 11 is 0. The van der Waals surface area contributed by atoms with Crippen LogP contribution >= 0.6 is 23.5 Å². The van der Waals surface area contributed by atoms with Crippen LogP contribution < -0.4 is 49.1 Å². The highest BCUT2D eigenvalue weighted by Gasteiger charge is 2.59. The van der Waals surface area contributed by atoms with E-state index in [1.807, 2.05) is 74.7 Å². The number of ketones is 1. The standard InChI is InChI=1S/C98H146N15O32P3Si2/c1-23-24-25-26-27-28-29-30-31-32-33-34-35-36-37-38-46-129-69-51-68(50-62(4)66(69)8)90(122)113-89(121)64(6)55-111(96(113)125)78-52-70(138-79(117)40-39-65(7)115)73(136-78)57-133-146(126,130-47-42-99-16)141-71-53-77(110-54-63(5)87(119)108-95(110)124)137-74(71)58-134-147(127,131-48-43-100-17)143-82-75(140-92(84(82)145-150(21,22)98(13,14)15)112-60-102-80-85(112)105-93(107-88(80)120)106-86(118)61(2)3)59-135-148(128,132-49-44-101-18)142-81-72(56-114)139-91(83(81)144-149(19,20)97(10,11)12)109-45-41-76(103-67(9)116)104-94(109)123/h41,45,50-51,54-55,60-61,70-75,77-78,81-84,91-92,114H,23-40,42-44,46-49,52-53,56-59H2,1-15,19-22H3,(H,108,119,124)(H,103,104,116,123)(H2,105,106,107,118,120)/t70-,71-,72-,73-,74-,75-,77-,78-,81+,82+,83?,84?,91-,92-,146?,147?,148?/m1/s1. The smallest absolute Gasteiger partial charge is 0.475 e. The number of fused-ring (bicyclic) bond motifs is 1. The van der Waals surface area contributed by atoms with Crippen LogP contribution in [0.2, 0.25) is 36.3 Å². The van der Waals surface area contributed by atoms with E-state index in [-0.39, 0.29) is 51.8 Å². The second-order valence-corrected chi connectivity index (χ2v) is 55.6. The topological polar surface area (TPSA) is 548 Å². The van der Waals surface area contributed by atoms with Crippen molar-refractivity contribution in [3.63, 3.8) is 0 Å². The van der Waals surface area contributed by atoms with Gasteiger partial charge in [0, 0.05) is 67.4 Å². The minimum Gasteiger partial charge on any atom is -0.493 e. The fourth-order valence-corrected chi connectivity index (χ4v) is 23.3. The van der Waals surface area contributed by atoms with Gasteiger partial charge >= 0.3 is 46.5 Å². The Balaban J connectivity index is 0.993. The highest BCUT2D eigenvalue weighted by molar-refractivity contribution is 7.49. The molecule has 9 heterocycles. The number of phosphoric ester groups is 3. The average molecular weight is 2200 g/mol. The number of aliphatic hydroxyl groups is 1. The summed E-state index contributed by atoms with van der Waals surface area (Å²) in [5.74, 6) is -4.21. The largest absolute Gasteiger partial charge is 0.493 e. The van der Waals surface area contributed by atoms with Gasteiger partial charge in [0.15, 0.2) is 40.3 Å². The van der Waals surface area contributed by atoms with Crippen molar-refractivity contribution in [2.45, 2.75) is 354 Å². The number of aryl methyl sites for hydroxylation is 3. The third-order valence-corrected chi connectivity index (χ3v) is 40.5. The lowest BCUT2D eigenvalue weighted by Gasteiger charge is -2.41. The Bertz CT molecular complexity index is 6350. The van der Waals surface area contributed by atoms with Crippen LogP contribution in [-0.2, 0) is 106 Å². The zero-order chi connectivity index (χ0) is 110. The number of carbonyl (C=O) groups is 5. The number of Topliss-reactive ketones (excluding diaryl/α,β-unsaturated/α-hetero) is 1. The number of rotatable bonds is 59. The number of aromatic amines is 2. The molecular formula is C98H146N15O32P3Si2. The number of nitrogens with one attached hydrogen (secondary N) is 4. The Hall–Kier alpha value is -9.69. The van der Waals surface area contributed by atoms with Gasteiger partial charge in [-0.15, -0.1) is 0 Å². The Labute approximate surface area is 873 Å². The number of amides is 2. The number of anilines is 2. The molecule has 4 aliphatic heterocycles. The number of aliphatic hydroxyl groups excluding tert-OH is 1. The van der Waals surface area contributed by atoms with Gasteiger partial charge in [-0.2, -0.15) is 14.5 Å².